The lowest BCUT2D eigenvalue weighted by atomic mass is 10.1. The molecule has 1 aromatic carbocycles. The van der Waals surface area contributed by atoms with Crippen molar-refractivity contribution in [2.75, 3.05) is 25.6 Å². The van der Waals surface area contributed by atoms with Gasteiger partial charge in [-0.2, -0.15) is 27.8 Å². The summed E-state index contributed by atoms with van der Waals surface area (Å²) in [5, 5.41) is 11.3. The topological polar surface area (TPSA) is 129 Å². The highest BCUT2D eigenvalue weighted by molar-refractivity contribution is 6.33. The Hall–Kier alpha value is -4.50. The summed E-state index contributed by atoms with van der Waals surface area (Å²) in [6, 6.07) is 4.37. The van der Waals surface area contributed by atoms with E-state index in [1.54, 1.807) is 22.7 Å². The van der Waals surface area contributed by atoms with Crippen LogP contribution in [-0.2, 0) is 46.6 Å². The third-order valence-corrected chi connectivity index (χ3v) is 7.85. The smallest absolute Gasteiger partial charge is 0.377 e. The molecule has 12 nitrogen and oxygen atoms in total. The van der Waals surface area contributed by atoms with Crippen LogP contribution in [0, 0.1) is 0 Å². The molecular weight excluding hydrogens is 605 g/mol. The lowest BCUT2D eigenvalue weighted by molar-refractivity contribution is -0.137. The predicted molar refractivity (Wildman–Crippen MR) is 153 cm³/mol. The number of nitrogens with zero attached hydrogens (tertiary/aromatic N) is 7. The van der Waals surface area contributed by atoms with Crippen LogP contribution in [0.5, 0.6) is 0 Å². The van der Waals surface area contributed by atoms with Crippen LogP contribution in [0.25, 0.3) is 22.6 Å². The normalized spacial score (nSPS) is 15.5. The van der Waals surface area contributed by atoms with E-state index in [2.05, 4.69) is 20.5 Å². The summed E-state index contributed by atoms with van der Waals surface area (Å²) in [7, 11) is 1.68. The summed E-state index contributed by atoms with van der Waals surface area (Å²) in [5.41, 5.74) is 0.998. The lowest BCUT2D eigenvalue weighted by Crippen LogP contribution is -2.36. The summed E-state index contributed by atoms with van der Waals surface area (Å²) >= 11 is 6.08. The summed E-state index contributed by atoms with van der Waals surface area (Å²) in [6.07, 6.45) is -1.96. The maximum atomic E-state index is 14.0. The fourth-order valence-corrected chi connectivity index (χ4v) is 5.53. The van der Waals surface area contributed by atoms with Gasteiger partial charge in [0.25, 0.3) is 5.56 Å². The van der Waals surface area contributed by atoms with Crippen LogP contribution < -0.4 is 10.9 Å². The molecule has 1 N–H and O–H groups in total. The van der Waals surface area contributed by atoms with Gasteiger partial charge in [0.2, 0.25) is 17.6 Å². The molecular formula is C28H26ClF3N8O4. The van der Waals surface area contributed by atoms with Crippen molar-refractivity contribution in [2.24, 2.45) is 0 Å². The van der Waals surface area contributed by atoms with Gasteiger partial charge in [-0.1, -0.05) is 24.6 Å². The fourth-order valence-electron chi connectivity index (χ4n) is 5.31. The summed E-state index contributed by atoms with van der Waals surface area (Å²) in [4.78, 5) is 45.8. The van der Waals surface area contributed by atoms with Crippen molar-refractivity contribution < 1.29 is 27.5 Å². The maximum Gasteiger partial charge on any atom is 0.416 e. The molecule has 0 saturated heterocycles. The molecule has 6 rings (SSSR count). The summed E-state index contributed by atoms with van der Waals surface area (Å²) in [6.45, 7) is 2.59. The number of rotatable bonds is 6. The molecule has 0 fully saturated rings. The van der Waals surface area contributed by atoms with E-state index in [4.69, 9.17) is 16.3 Å². The van der Waals surface area contributed by atoms with E-state index in [9.17, 15) is 27.6 Å². The second-order valence-electron chi connectivity index (χ2n) is 10.4. The third-order valence-electron chi connectivity index (χ3n) is 7.54. The molecule has 2 amide bonds. The molecule has 2 aliphatic rings. The van der Waals surface area contributed by atoms with Crippen molar-refractivity contribution >= 4 is 40.5 Å². The first kappa shape index (κ1) is 29.6. The number of anilines is 1. The van der Waals surface area contributed by atoms with Crippen LogP contribution in [0.15, 0.2) is 35.1 Å². The van der Waals surface area contributed by atoms with E-state index in [1.165, 1.54) is 4.57 Å². The first-order chi connectivity index (χ1) is 20.9. The molecule has 2 aliphatic heterocycles. The van der Waals surface area contributed by atoms with Crippen molar-refractivity contribution in [2.45, 2.75) is 45.6 Å². The van der Waals surface area contributed by atoms with Crippen LogP contribution in [0.4, 0.5) is 18.9 Å². The van der Waals surface area contributed by atoms with Crippen LogP contribution in [0.1, 0.15) is 36.1 Å². The van der Waals surface area contributed by atoms with E-state index in [0.717, 1.165) is 34.0 Å². The van der Waals surface area contributed by atoms with Crippen LogP contribution >= 0.6 is 11.6 Å². The predicted octanol–water partition coefficient (Wildman–Crippen LogP) is 3.40. The number of carbonyl (C=O) groups excluding carboxylic acids is 2. The van der Waals surface area contributed by atoms with E-state index in [-0.39, 0.29) is 47.5 Å². The number of carbonyl (C=O) groups is 2. The van der Waals surface area contributed by atoms with Gasteiger partial charge in [-0.15, -0.1) is 5.10 Å². The van der Waals surface area contributed by atoms with Gasteiger partial charge in [0.15, 0.2) is 5.82 Å². The zero-order chi connectivity index (χ0) is 31.3. The van der Waals surface area contributed by atoms with E-state index in [1.807, 2.05) is 13.0 Å². The highest BCUT2D eigenvalue weighted by atomic mass is 35.5. The first-order valence-electron chi connectivity index (χ1n) is 13.7. The molecule has 44 heavy (non-hydrogen) atoms. The number of benzene rings is 1. The number of aromatic nitrogens is 6. The molecule has 0 saturated carbocycles. The quantitative estimate of drug-likeness (QED) is 0.346. The average molecular weight is 631 g/mol. The molecule has 4 aromatic rings. The number of hydrogen-bond donors (Lipinski definition) is 1. The largest absolute Gasteiger partial charge is 0.416 e. The molecule has 3 aromatic heterocycles. The molecule has 0 aliphatic carbocycles. The number of likely N-dealkylation sites (N-methyl/N-ethyl adjacent to an activating group) is 1. The van der Waals surface area contributed by atoms with E-state index in [0.29, 0.717) is 43.4 Å². The van der Waals surface area contributed by atoms with Gasteiger partial charge in [-0.25, -0.2) is 0 Å². The number of ether oxygens (including phenoxy) is 1. The Morgan fingerprint density at radius 2 is 1.95 bits per heavy atom. The van der Waals surface area contributed by atoms with Gasteiger partial charge in [-0.3, -0.25) is 19.1 Å². The van der Waals surface area contributed by atoms with E-state index >= 15 is 0 Å². The Morgan fingerprint density at radius 3 is 2.64 bits per heavy atom. The zero-order valence-corrected chi connectivity index (χ0v) is 24.4. The lowest BCUT2D eigenvalue weighted by Gasteiger charge is -2.23. The minimum atomic E-state index is -4.60. The zero-order valence-electron chi connectivity index (χ0n) is 23.6. The van der Waals surface area contributed by atoms with Crippen molar-refractivity contribution in [3.05, 3.63) is 68.5 Å². The SMILES string of the molecule is CCc1c(-c2cc3n(n2)CC(=O)N(C)C3)c(=O)n2nc(C3=CCOCC3)nc2n1CC(=O)Nc1ccc(C(F)(F)F)cc1Cl. The van der Waals surface area contributed by atoms with Crippen molar-refractivity contribution in [1.29, 1.82) is 0 Å². The standard InChI is InChI=1S/C28H26ClF3N8O4/c1-3-21-24(20-11-17-12-37(2)23(42)14-39(17)35-20)26(43)40-27(34-25(36-40)15-6-8-44-9-7-15)38(21)13-22(41)33-19-5-4-16(10-18(19)29)28(30,31)32/h4-6,10-11H,3,7-9,12-14H2,1-2H3,(H,33,41). The molecule has 0 spiro atoms. The Bertz CT molecular complexity index is 1910. The minimum Gasteiger partial charge on any atom is -0.377 e. The number of halogens is 4. The number of amides is 2. The molecule has 230 valence electrons. The number of fused-ring (bicyclic) bond motifs is 2. The van der Waals surface area contributed by atoms with Crippen LogP contribution in [-0.4, -0.2) is 65.9 Å². The Labute approximate surface area is 252 Å². The van der Waals surface area contributed by atoms with E-state index < -0.39 is 23.2 Å². The molecule has 0 unspecified atom stereocenters. The Morgan fingerprint density at radius 1 is 1.16 bits per heavy atom. The van der Waals surface area contributed by atoms with Gasteiger partial charge in [0, 0.05) is 12.7 Å². The highest BCUT2D eigenvalue weighted by Crippen LogP contribution is 2.34. The first-order valence-corrected chi connectivity index (χ1v) is 14.1. The number of alkyl halides is 3. The Balaban J connectivity index is 1.46. The van der Waals surface area contributed by atoms with Gasteiger partial charge in [-0.05, 0) is 42.7 Å². The van der Waals surface area contributed by atoms with Crippen molar-refractivity contribution in [1.82, 2.24) is 33.8 Å². The van der Waals surface area contributed by atoms with Crippen LogP contribution in [0.2, 0.25) is 5.02 Å². The molecule has 5 heterocycles. The van der Waals surface area contributed by atoms with Crippen molar-refractivity contribution in [3.63, 3.8) is 0 Å². The van der Waals surface area contributed by atoms with Gasteiger partial charge >= 0.3 is 6.18 Å². The molecule has 16 heteroatoms. The van der Waals surface area contributed by atoms with Gasteiger partial charge < -0.3 is 19.5 Å². The maximum absolute atomic E-state index is 14.0. The highest BCUT2D eigenvalue weighted by Gasteiger charge is 2.31. The molecule has 0 radical (unpaired) electrons. The fraction of sp³-hybridized carbons (Fsp3) is 0.357. The van der Waals surface area contributed by atoms with Gasteiger partial charge in [0.05, 0.1) is 47.3 Å². The monoisotopic (exact) mass is 630 g/mol. The third kappa shape index (κ3) is 5.36. The van der Waals surface area contributed by atoms with Crippen LogP contribution in [0.3, 0.4) is 0 Å². The Kier molecular flexibility index (Phi) is 7.53. The van der Waals surface area contributed by atoms with Gasteiger partial charge in [0.1, 0.15) is 18.8 Å². The second kappa shape index (κ2) is 11.2. The number of hydrogen-bond acceptors (Lipinski definition) is 7. The summed E-state index contributed by atoms with van der Waals surface area (Å²) < 4.78 is 48.9. The number of nitrogens with one attached hydrogen (secondary N) is 1. The molecule has 0 atom stereocenters. The minimum absolute atomic E-state index is 0.00918. The summed E-state index contributed by atoms with van der Waals surface area (Å²) in [5.74, 6) is -0.338. The second-order valence-corrected chi connectivity index (χ2v) is 10.8. The average Bonchev–Trinajstić information content (AvgIpc) is 3.60. The molecule has 0 bridgehead atoms. The van der Waals surface area contributed by atoms with Crippen molar-refractivity contribution in [3.8, 4) is 11.3 Å².